The van der Waals surface area contributed by atoms with Gasteiger partial charge in [0.05, 0.1) is 18.6 Å². The second-order valence-corrected chi connectivity index (χ2v) is 7.22. The lowest BCUT2D eigenvalue weighted by Gasteiger charge is -2.40. The Morgan fingerprint density at radius 1 is 1.23 bits per heavy atom. The van der Waals surface area contributed by atoms with Crippen LogP contribution in [0.25, 0.3) is 0 Å². The normalized spacial score (nSPS) is 16.7. The largest absolute Gasteiger partial charge is 0.490 e. The number of carboxylic acids is 1. The van der Waals surface area contributed by atoms with E-state index in [0.29, 0.717) is 38.1 Å². The van der Waals surface area contributed by atoms with E-state index < -0.39 is 23.6 Å². The van der Waals surface area contributed by atoms with E-state index in [4.69, 9.17) is 20.4 Å². The molecular weight excluding hydrogens is 425 g/mol. The van der Waals surface area contributed by atoms with Crippen molar-refractivity contribution in [2.24, 2.45) is 11.1 Å². The molecular formula is C19H25F3N2O5S. The number of piperidine rings is 1. The number of alkyl halides is 3. The molecule has 3 N–H and O–H groups in total. The van der Waals surface area contributed by atoms with Crippen LogP contribution < -0.4 is 5.73 Å². The Hall–Kier alpha value is -2.27. The molecule has 1 aliphatic rings. The maximum Gasteiger partial charge on any atom is 0.490 e. The first-order chi connectivity index (χ1) is 14.0. The molecule has 1 aromatic rings. The molecule has 1 atom stereocenters. The van der Waals surface area contributed by atoms with Crippen LogP contribution in [0, 0.1) is 5.41 Å². The molecule has 30 heavy (non-hydrogen) atoms. The summed E-state index contributed by atoms with van der Waals surface area (Å²) in [7, 11) is 1.42. The fourth-order valence-corrected chi connectivity index (χ4v) is 3.28. The second kappa shape index (κ2) is 11.2. The quantitative estimate of drug-likeness (QED) is 0.467. The Labute approximate surface area is 177 Å². The average Bonchev–Trinajstić information content (AvgIpc) is 2.73. The maximum atomic E-state index is 12.4. The number of hydrogen-bond donors (Lipinski definition) is 3. The number of carbonyl (C=O) groups is 3. The second-order valence-electron chi connectivity index (χ2n) is 6.85. The molecule has 0 spiro atoms. The number of amides is 1. The van der Waals surface area contributed by atoms with Gasteiger partial charge in [0.15, 0.2) is 0 Å². The summed E-state index contributed by atoms with van der Waals surface area (Å²) < 4.78 is 36.8. The number of likely N-dealkylation sites (tertiary alicyclic amines) is 1. The standard InChI is InChI=1S/C17H24N2O3S.C2HF3O2/c1-22-16(21)17(11-13-5-3-2-4-6-13)7-9-19(10-8-17)15(20)14(18)12-23;3-2(4,5)1(6)7/h2-6,14,23H,7-12,18H2,1H3;(H,6,7)/t14-;/m0./s1. The summed E-state index contributed by atoms with van der Waals surface area (Å²) in [6.45, 7) is 1.03. The van der Waals surface area contributed by atoms with Gasteiger partial charge in [-0.2, -0.15) is 25.8 Å². The molecule has 0 radical (unpaired) electrons. The molecule has 2 rings (SSSR count). The summed E-state index contributed by atoms with van der Waals surface area (Å²) in [5.74, 6) is -2.74. The molecule has 1 fully saturated rings. The summed E-state index contributed by atoms with van der Waals surface area (Å²) in [4.78, 5) is 35.2. The van der Waals surface area contributed by atoms with Gasteiger partial charge >= 0.3 is 18.1 Å². The highest BCUT2D eigenvalue weighted by Gasteiger charge is 2.43. The minimum absolute atomic E-state index is 0.0989. The molecule has 1 aromatic carbocycles. The number of ether oxygens (including phenoxy) is 1. The third-order valence-corrected chi connectivity index (χ3v) is 5.19. The van der Waals surface area contributed by atoms with Crippen molar-refractivity contribution in [3.05, 3.63) is 35.9 Å². The van der Waals surface area contributed by atoms with Gasteiger partial charge in [-0.25, -0.2) is 4.79 Å². The summed E-state index contributed by atoms with van der Waals surface area (Å²) in [6.07, 6.45) is -3.29. The molecule has 7 nitrogen and oxygen atoms in total. The van der Waals surface area contributed by atoms with Crippen molar-refractivity contribution in [1.29, 1.82) is 0 Å². The molecule has 0 aliphatic carbocycles. The number of thiol groups is 1. The number of hydrogen-bond acceptors (Lipinski definition) is 6. The zero-order chi connectivity index (χ0) is 22.9. The lowest BCUT2D eigenvalue weighted by atomic mass is 9.73. The van der Waals surface area contributed by atoms with Crippen LogP contribution in [0.5, 0.6) is 0 Å². The van der Waals surface area contributed by atoms with Gasteiger partial charge in [-0.1, -0.05) is 30.3 Å². The highest BCUT2D eigenvalue weighted by Crippen LogP contribution is 2.36. The molecule has 1 aliphatic heterocycles. The van der Waals surface area contributed by atoms with Crippen LogP contribution in [0.4, 0.5) is 13.2 Å². The first-order valence-electron chi connectivity index (χ1n) is 9.04. The van der Waals surface area contributed by atoms with Crippen molar-refractivity contribution in [1.82, 2.24) is 4.90 Å². The van der Waals surface area contributed by atoms with Gasteiger partial charge in [0.2, 0.25) is 5.91 Å². The van der Waals surface area contributed by atoms with E-state index in [2.05, 4.69) is 12.6 Å². The Bertz CT molecular complexity index is 723. The lowest BCUT2D eigenvalue weighted by Crippen LogP contribution is -2.52. The van der Waals surface area contributed by atoms with E-state index in [9.17, 15) is 22.8 Å². The van der Waals surface area contributed by atoms with Crippen LogP contribution >= 0.6 is 12.6 Å². The monoisotopic (exact) mass is 450 g/mol. The number of halogens is 3. The van der Waals surface area contributed by atoms with E-state index in [1.807, 2.05) is 30.3 Å². The van der Waals surface area contributed by atoms with E-state index in [1.165, 1.54) is 7.11 Å². The highest BCUT2D eigenvalue weighted by atomic mass is 32.1. The molecule has 168 valence electrons. The number of carbonyl (C=O) groups excluding carboxylic acids is 2. The fourth-order valence-electron chi connectivity index (χ4n) is 3.12. The van der Waals surface area contributed by atoms with Crippen LogP contribution in [0.2, 0.25) is 0 Å². The van der Waals surface area contributed by atoms with E-state index in [1.54, 1.807) is 4.90 Å². The molecule has 1 saturated heterocycles. The van der Waals surface area contributed by atoms with Crippen LogP contribution in [0.1, 0.15) is 18.4 Å². The van der Waals surface area contributed by atoms with Crippen molar-refractivity contribution in [2.75, 3.05) is 26.0 Å². The third-order valence-electron chi connectivity index (χ3n) is 4.79. The fraction of sp³-hybridized carbons (Fsp3) is 0.526. The molecule has 11 heteroatoms. The zero-order valence-electron chi connectivity index (χ0n) is 16.4. The van der Waals surface area contributed by atoms with Gasteiger partial charge in [0.25, 0.3) is 0 Å². The number of nitrogens with two attached hydrogens (primary N) is 1. The van der Waals surface area contributed by atoms with Crippen molar-refractivity contribution in [2.45, 2.75) is 31.5 Å². The van der Waals surface area contributed by atoms with Crippen LogP contribution in [-0.2, 0) is 25.5 Å². The number of aliphatic carboxylic acids is 1. The van der Waals surface area contributed by atoms with Crippen LogP contribution in [-0.4, -0.2) is 66.0 Å². The SMILES string of the molecule is COC(=O)C1(Cc2ccccc2)CCN(C(=O)[C@@H](N)CS)CC1.O=C(O)C(F)(F)F. The summed E-state index contributed by atoms with van der Waals surface area (Å²) in [5, 5.41) is 7.12. The first kappa shape index (κ1) is 25.8. The number of rotatable bonds is 5. The minimum Gasteiger partial charge on any atom is -0.475 e. The topological polar surface area (TPSA) is 110 Å². The third kappa shape index (κ3) is 7.21. The highest BCUT2D eigenvalue weighted by molar-refractivity contribution is 7.80. The Balaban J connectivity index is 0.000000553. The molecule has 0 aromatic heterocycles. The smallest absolute Gasteiger partial charge is 0.475 e. The molecule has 1 heterocycles. The Kier molecular flexibility index (Phi) is 9.63. The molecule has 0 unspecified atom stereocenters. The lowest BCUT2D eigenvalue weighted by molar-refractivity contribution is -0.192. The summed E-state index contributed by atoms with van der Waals surface area (Å²) in [5.41, 5.74) is 6.30. The van der Waals surface area contributed by atoms with Crippen molar-refractivity contribution in [3.8, 4) is 0 Å². The number of methoxy groups -OCH3 is 1. The van der Waals surface area contributed by atoms with Gasteiger partial charge in [-0.3, -0.25) is 9.59 Å². The summed E-state index contributed by atoms with van der Waals surface area (Å²) in [6, 6.07) is 9.32. The molecule has 1 amide bonds. The van der Waals surface area contributed by atoms with Crippen molar-refractivity contribution < 1.29 is 37.4 Å². The van der Waals surface area contributed by atoms with Gasteiger partial charge in [-0.05, 0) is 24.8 Å². The predicted octanol–water partition coefficient (Wildman–Crippen LogP) is 1.90. The summed E-state index contributed by atoms with van der Waals surface area (Å²) >= 11 is 4.08. The first-order valence-corrected chi connectivity index (χ1v) is 9.68. The van der Waals surface area contributed by atoms with Gasteiger partial charge in [0.1, 0.15) is 0 Å². The van der Waals surface area contributed by atoms with E-state index >= 15 is 0 Å². The Morgan fingerprint density at radius 2 is 1.73 bits per heavy atom. The molecule has 0 bridgehead atoms. The minimum atomic E-state index is -5.08. The molecule has 0 saturated carbocycles. The Morgan fingerprint density at radius 3 is 2.13 bits per heavy atom. The van der Waals surface area contributed by atoms with Crippen molar-refractivity contribution in [3.63, 3.8) is 0 Å². The van der Waals surface area contributed by atoms with Crippen molar-refractivity contribution >= 4 is 30.5 Å². The number of benzene rings is 1. The van der Waals surface area contributed by atoms with Gasteiger partial charge in [-0.15, -0.1) is 0 Å². The van der Waals surface area contributed by atoms with Gasteiger partial charge < -0.3 is 20.5 Å². The van der Waals surface area contributed by atoms with E-state index in [-0.39, 0.29) is 11.9 Å². The number of esters is 1. The zero-order valence-corrected chi connectivity index (χ0v) is 17.3. The predicted molar refractivity (Wildman–Crippen MR) is 106 cm³/mol. The number of nitrogens with zero attached hydrogens (tertiary/aromatic N) is 1. The average molecular weight is 450 g/mol. The number of carboxylic acid groups (broad SMARTS) is 1. The van der Waals surface area contributed by atoms with Gasteiger partial charge in [0, 0.05) is 18.8 Å². The maximum absolute atomic E-state index is 12.4. The van der Waals surface area contributed by atoms with Crippen LogP contribution in [0.3, 0.4) is 0 Å². The van der Waals surface area contributed by atoms with E-state index in [0.717, 1.165) is 5.56 Å². The van der Waals surface area contributed by atoms with Crippen LogP contribution in [0.15, 0.2) is 30.3 Å².